The van der Waals surface area contributed by atoms with Gasteiger partial charge in [-0.15, -0.1) is 0 Å². The molecule has 0 aliphatic carbocycles. The maximum Gasteiger partial charge on any atom is 0.0366 e. The number of nitrogens with zero attached hydrogens (tertiary/aromatic N) is 1. The zero-order chi connectivity index (χ0) is 10.6. The average Bonchev–Trinajstić information content (AvgIpc) is 2.20. The van der Waals surface area contributed by atoms with E-state index >= 15 is 0 Å². The predicted octanol–water partition coefficient (Wildman–Crippen LogP) is 2.55. The summed E-state index contributed by atoms with van der Waals surface area (Å²) in [7, 11) is 0. The van der Waals surface area contributed by atoms with Gasteiger partial charge in [-0.25, -0.2) is 0 Å². The van der Waals surface area contributed by atoms with Gasteiger partial charge in [0.2, 0.25) is 0 Å². The molecule has 0 fully saturated rings. The second-order valence-corrected chi connectivity index (χ2v) is 3.55. The van der Waals surface area contributed by atoms with Crippen molar-refractivity contribution in [2.75, 3.05) is 18.0 Å². The van der Waals surface area contributed by atoms with E-state index in [0.717, 1.165) is 13.1 Å². The van der Waals surface area contributed by atoms with Crippen molar-refractivity contribution < 1.29 is 0 Å². The minimum absolute atomic E-state index is 0.126. The Balaban J connectivity index is 2.81. The number of nitrogens with two attached hydrogens (primary N) is 1. The highest BCUT2D eigenvalue weighted by Gasteiger charge is 2.02. The molecule has 1 atom stereocenters. The fourth-order valence-corrected chi connectivity index (χ4v) is 1.58. The maximum absolute atomic E-state index is 5.79. The molecule has 0 aliphatic rings. The van der Waals surface area contributed by atoms with Crippen LogP contribution in [0.25, 0.3) is 0 Å². The molecule has 1 aromatic rings. The van der Waals surface area contributed by atoms with E-state index in [0.29, 0.717) is 0 Å². The Bertz CT molecular complexity index is 260. The molecule has 2 N–H and O–H groups in total. The van der Waals surface area contributed by atoms with E-state index in [-0.39, 0.29) is 6.04 Å². The standard InChI is InChI=1S/C12H20N2/c1-4-14(5-2)12-8-6-11(7-9-12)10(3)13/h6-10H,4-5,13H2,1-3H3. The van der Waals surface area contributed by atoms with Crippen LogP contribution in [0.2, 0.25) is 0 Å². The van der Waals surface area contributed by atoms with Gasteiger partial charge in [0, 0.05) is 24.8 Å². The van der Waals surface area contributed by atoms with Gasteiger partial charge in [-0.3, -0.25) is 0 Å². The molecule has 2 heteroatoms. The lowest BCUT2D eigenvalue weighted by Crippen LogP contribution is -2.21. The van der Waals surface area contributed by atoms with Gasteiger partial charge < -0.3 is 10.6 Å². The summed E-state index contributed by atoms with van der Waals surface area (Å²) in [6.45, 7) is 8.44. The van der Waals surface area contributed by atoms with Crippen LogP contribution in [0.1, 0.15) is 32.4 Å². The van der Waals surface area contributed by atoms with Crippen molar-refractivity contribution in [3.05, 3.63) is 29.8 Å². The molecular weight excluding hydrogens is 172 g/mol. The number of rotatable bonds is 4. The molecule has 0 amide bonds. The number of hydrogen-bond donors (Lipinski definition) is 1. The van der Waals surface area contributed by atoms with Crippen LogP contribution in [0.3, 0.4) is 0 Å². The van der Waals surface area contributed by atoms with E-state index < -0.39 is 0 Å². The van der Waals surface area contributed by atoms with E-state index in [2.05, 4.69) is 43.0 Å². The van der Waals surface area contributed by atoms with Crippen LogP contribution >= 0.6 is 0 Å². The summed E-state index contributed by atoms with van der Waals surface area (Å²) >= 11 is 0. The lowest BCUT2D eigenvalue weighted by molar-refractivity contribution is 0.815. The Kier molecular flexibility index (Phi) is 3.96. The smallest absolute Gasteiger partial charge is 0.0366 e. The molecule has 0 bridgehead atoms. The van der Waals surface area contributed by atoms with Crippen LogP contribution in [0.4, 0.5) is 5.69 Å². The quantitative estimate of drug-likeness (QED) is 0.794. The predicted molar refractivity (Wildman–Crippen MR) is 62.6 cm³/mol. The summed E-state index contributed by atoms with van der Waals surface area (Å²) in [6.07, 6.45) is 0. The van der Waals surface area contributed by atoms with E-state index in [1.54, 1.807) is 0 Å². The van der Waals surface area contributed by atoms with Gasteiger partial charge in [-0.05, 0) is 38.5 Å². The fourth-order valence-electron chi connectivity index (χ4n) is 1.58. The minimum Gasteiger partial charge on any atom is -0.372 e. The van der Waals surface area contributed by atoms with Gasteiger partial charge in [0.15, 0.2) is 0 Å². The Morgan fingerprint density at radius 2 is 1.64 bits per heavy atom. The summed E-state index contributed by atoms with van der Waals surface area (Å²) < 4.78 is 0. The summed E-state index contributed by atoms with van der Waals surface area (Å²) in [5, 5.41) is 0. The summed E-state index contributed by atoms with van der Waals surface area (Å²) in [5.74, 6) is 0. The first kappa shape index (κ1) is 11.1. The van der Waals surface area contributed by atoms with Gasteiger partial charge in [-0.1, -0.05) is 12.1 Å². The first-order valence-corrected chi connectivity index (χ1v) is 5.29. The van der Waals surface area contributed by atoms with E-state index in [1.807, 2.05) is 6.92 Å². The molecule has 78 valence electrons. The van der Waals surface area contributed by atoms with Crippen molar-refractivity contribution in [3.63, 3.8) is 0 Å². The SMILES string of the molecule is CCN(CC)c1ccc(C(C)N)cc1. The molecule has 2 nitrogen and oxygen atoms in total. The zero-order valence-corrected chi connectivity index (χ0v) is 9.33. The van der Waals surface area contributed by atoms with E-state index in [4.69, 9.17) is 5.73 Å². The van der Waals surface area contributed by atoms with Crippen molar-refractivity contribution in [2.24, 2.45) is 5.73 Å². The number of benzene rings is 1. The highest BCUT2D eigenvalue weighted by molar-refractivity contribution is 5.47. The number of hydrogen-bond acceptors (Lipinski definition) is 2. The normalized spacial score (nSPS) is 12.6. The van der Waals surface area contributed by atoms with Crippen molar-refractivity contribution in [1.82, 2.24) is 0 Å². The van der Waals surface area contributed by atoms with Crippen LogP contribution in [0, 0.1) is 0 Å². The Morgan fingerprint density at radius 1 is 1.14 bits per heavy atom. The van der Waals surface area contributed by atoms with Crippen molar-refractivity contribution in [3.8, 4) is 0 Å². The lowest BCUT2D eigenvalue weighted by Gasteiger charge is -2.21. The molecule has 0 spiro atoms. The van der Waals surface area contributed by atoms with Crippen LogP contribution in [-0.4, -0.2) is 13.1 Å². The van der Waals surface area contributed by atoms with Crippen molar-refractivity contribution in [1.29, 1.82) is 0 Å². The molecule has 1 aromatic carbocycles. The molecule has 0 aromatic heterocycles. The highest BCUT2D eigenvalue weighted by atomic mass is 15.1. The summed E-state index contributed by atoms with van der Waals surface area (Å²) in [5.41, 5.74) is 8.26. The summed E-state index contributed by atoms with van der Waals surface area (Å²) in [6, 6.07) is 8.63. The second-order valence-electron chi connectivity index (χ2n) is 3.55. The molecular formula is C12H20N2. The molecule has 0 heterocycles. The van der Waals surface area contributed by atoms with Crippen molar-refractivity contribution >= 4 is 5.69 Å². The third-order valence-electron chi connectivity index (χ3n) is 2.55. The largest absolute Gasteiger partial charge is 0.372 e. The highest BCUT2D eigenvalue weighted by Crippen LogP contribution is 2.17. The molecule has 1 unspecified atom stereocenters. The van der Waals surface area contributed by atoms with Gasteiger partial charge in [0.05, 0.1) is 0 Å². The number of anilines is 1. The Morgan fingerprint density at radius 3 is 2.00 bits per heavy atom. The Hall–Kier alpha value is -1.02. The molecule has 0 aliphatic heterocycles. The van der Waals surface area contributed by atoms with Gasteiger partial charge in [-0.2, -0.15) is 0 Å². The van der Waals surface area contributed by atoms with Crippen LogP contribution < -0.4 is 10.6 Å². The third kappa shape index (κ3) is 2.48. The minimum atomic E-state index is 0.126. The van der Waals surface area contributed by atoms with Crippen LogP contribution in [-0.2, 0) is 0 Å². The Labute approximate surface area is 86.7 Å². The molecule has 0 saturated carbocycles. The second kappa shape index (κ2) is 5.01. The van der Waals surface area contributed by atoms with Crippen LogP contribution in [0.5, 0.6) is 0 Å². The fraction of sp³-hybridized carbons (Fsp3) is 0.500. The first-order chi connectivity index (χ1) is 6.69. The summed E-state index contributed by atoms with van der Waals surface area (Å²) in [4.78, 5) is 2.32. The molecule has 0 saturated heterocycles. The maximum atomic E-state index is 5.79. The zero-order valence-electron chi connectivity index (χ0n) is 9.33. The monoisotopic (exact) mass is 192 g/mol. The van der Waals surface area contributed by atoms with Gasteiger partial charge in [0.1, 0.15) is 0 Å². The van der Waals surface area contributed by atoms with Crippen molar-refractivity contribution in [2.45, 2.75) is 26.8 Å². The average molecular weight is 192 g/mol. The third-order valence-corrected chi connectivity index (χ3v) is 2.55. The first-order valence-electron chi connectivity index (χ1n) is 5.29. The van der Waals surface area contributed by atoms with E-state index in [1.165, 1.54) is 11.3 Å². The van der Waals surface area contributed by atoms with Gasteiger partial charge in [0.25, 0.3) is 0 Å². The molecule has 0 radical (unpaired) electrons. The molecule has 1 rings (SSSR count). The lowest BCUT2D eigenvalue weighted by atomic mass is 10.1. The van der Waals surface area contributed by atoms with Crippen LogP contribution in [0.15, 0.2) is 24.3 Å². The molecule has 14 heavy (non-hydrogen) atoms. The van der Waals surface area contributed by atoms with Gasteiger partial charge >= 0.3 is 0 Å². The topological polar surface area (TPSA) is 29.3 Å². The van der Waals surface area contributed by atoms with E-state index in [9.17, 15) is 0 Å².